The molecular weight excluding hydrogens is 146 g/mol. The van der Waals surface area contributed by atoms with Crippen LogP contribution in [0.4, 0.5) is 5.69 Å². The van der Waals surface area contributed by atoms with E-state index in [1.165, 1.54) is 18.5 Å². The van der Waals surface area contributed by atoms with Crippen LogP contribution < -0.4 is 11.3 Å². The molecule has 0 unspecified atom stereocenters. The number of nitrogens with one attached hydrogen (secondary N) is 1. The van der Waals surface area contributed by atoms with E-state index < -0.39 is 5.97 Å². The second-order valence-electron chi connectivity index (χ2n) is 1.91. The summed E-state index contributed by atoms with van der Waals surface area (Å²) in [5.74, 6) is 4.02. The molecule has 5 heteroatoms. The third-order valence-corrected chi connectivity index (χ3v) is 1.15. The highest BCUT2D eigenvalue weighted by atomic mass is 16.4. The molecule has 4 N–H and O–H groups in total. The Kier molecular flexibility index (Phi) is 2.03. The van der Waals surface area contributed by atoms with E-state index in [2.05, 4.69) is 10.4 Å². The maximum atomic E-state index is 10.4. The lowest BCUT2D eigenvalue weighted by atomic mass is 10.3. The molecule has 0 aromatic carbocycles. The minimum absolute atomic E-state index is 0.112. The SMILES string of the molecule is NNc1cncc(C(=O)O)c1. The molecule has 5 nitrogen and oxygen atoms in total. The first kappa shape index (κ1) is 7.49. The fourth-order valence-corrected chi connectivity index (χ4v) is 0.636. The van der Waals surface area contributed by atoms with Crippen molar-refractivity contribution in [1.29, 1.82) is 0 Å². The Labute approximate surface area is 62.8 Å². The quantitative estimate of drug-likeness (QED) is 0.413. The number of nitrogens with zero attached hydrogens (tertiary/aromatic N) is 1. The fourth-order valence-electron chi connectivity index (χ4n) is 0.636. The maximum Gasteiger partial charge on any atom is 0.337 e. The van der Waals surface area contributed by atoms with E-state index in [4.69, 9.17) is 10.9 Å². The topological polar surface area (TPSA) is 88.2 Å². The molecule has 1 aromatic rings. The van der Waals surface area contributed by atoms with Crippen LogP contribution in [-0.2, 0) is 0 Å². The van der Waals surface area contributed by atoms with Crippen LogP contribution in [0.15, 0.2) is 18.5 Å². The molecule has 58 valence electrons. The lowest BCUT2D eigenvalue weighted by Crippen LogP contribution is -2.08. The molecule has 0 saturated heterocycles. The van der Waals surface area contributed by atoms with Crippen molar-refractivity contribution in [1.82, 2.24) is 4.98 Å². The Morgan fingerprint density at radius 1 is 1.64 bits per heavy atom. The molecule has 11 heavy (non-hydrogen) atoms. The van der Waals surface area contributed by atoms with Crippen molar-refractivity contribution in [3.05, 3.63) is 24.0 Å². The lowest BCUT2D eigenvalue weighted by molar-refractivity contribution is 0.0696. The number of hydrazine groups is 1. The van der Waals surface area contributed by atoms with E-state index >= 15 is 0 Å². The number of carboxylic acid groups (broad SMARTS) is 1. The number of rotatable bonds is 2. The van der Waals surface area contributed by atoms with Crippen LogP contribution in [0.2, 0.25) is 0 Å². The van der Waals surface area contributed by atoms with Gasteiger partial charge in [-0.05, 0) is 6.07 Å². The summed E-state index contributed by atoms with van der Waals surface area (Å²) in [5.41, 5.74) is 2.88. The fraction of sp³-hybridized carbons (Fsp3) is 0. The van der Waals surface area contributed by atoms with Gasteiger partial charge in [-0.1, -0.05) is 0 Å². The van der Waals surface area contributed by atoms with Gasteiger partial charge in [0.05, 0.1) is 17.4 Å². The molecule has 1 heterocycles. The van der Waals surface area contributed by atoms with E-state index in [1.54, 1.807) is 0 Å². The van der Waals surface area contributed by atoms with Gasteiger partial charge in [-0.2, -0.15) is 0 Å². The third kappa shape index (κ3) is 1.65. The summed E-state index contributed by atoms with van der Waals surface area (Å²) in [7, 11) is 0. The van der Waals surface area contributed by atoms with Gasteiger partial charge >= 0.3 is 5.97 Å². The Morgan fingerprint density at radius 2 is 2.36 bits per heavy atom. The second-order valence-corrected chi connectivity index (χ2v) is 1.91. The zero-order valence-corrected chi connectivity index (χ0v) is 5.61. The first-order chi connectivity index (χ1) is 5.24. The van der Waals surface area contributed by atoms with Crippen LogP contribution in [0, 0.1) is 0 Å². The number of anilines is 1. The van der Waals surface area contributed by atoms with Crippen molar-refractivity contribution in [2.45, 2.75) is 0 Å². The van der Waals surface area contributed by atoms with Crippen LogP contribution in [0.1, 0.15) is 10.4 Å². The highest BCUT2D eigenvalue weighted by Crippen LogP contribution is 2.05. The van der Waals surface area contributed by atoms with Gasteiger partial charge in [0.15, 0.2) is 0 Å². The maximum absolute atomic E-state index is 10.4. The number of aromatic carboxylic acids is 1. The van der Waals surface area contributed by atoms with E-state index in [0.29, 0.717) is 5.69 Å². The predicted octanol–water partition coefficient (Wildman–Crippen LogP) is 0.0654. The Morgan fingerprint density at radius 3 is 2.91 bits per heavy atom. The zero-order chi connectivity index (χ0) is 8.27. The van der Waals surface area contributed by atoms with Crippen LogP contribution in [0.5, 0.6) is 0 Å². The molecule has 0 radical (unpaired) electrons. The van der Waals surface area contributed by atoms with Crippen molar-refractivity contribution in [2.24, 2.45) is 5.84 Å². The predicted molar refractivity (Wildman–Crippen MR) is 39.0 cm³/mol. The van der Waals surface area contributed by atoms with Gasteiger partial charge in [-0.3, -0.25) is 10.8 Å². The van der Waals surface area contributed by atoms with Crippen molar-refractivity contribution in [3.8, 4) is 0 Å². The molecule has 0 bridgehead atoms. The molecule has 0 spiro atoms. The molecule has 0 aliphatic heterocycles. The number of carbonyl (C=O) groups is 1. The molecule has 1 aromatic heterocycles. The molecule has 0 atom stereocenters. The number of nitrogens with two attached hydrogens (primary N) is 1. The normalized spacial score (nSPS) is 9.18. The molecule has 0 aliphatic rings. The van der Waals surface area contributed by atoms with Crippen LogP contribution in [-0.4, -0.2) is 16.1 Å². The Bertz CT molecular complexity index is 274. The number of pyridine rings is 1. The van der Waals surface area contributed by atoms with Gasteiger partial charge in [-0.25, -0.2) is 4.79 Å². The van der Waals surface area contributed by atoms with Crippen molar-refractivity contribution in [3.63, 3.8) is 0 Å². The molecule has 0 amide bonds. The molecule has 0 fully saturated rings. The smallest absolute Gasteiger partial charge is 0.337 e. The first-order valence-electron chi connectivity index (χ1n) is 2.89. The van der Waals surface area contributed by atoms with Crippen molar-refractivity contribution in [2.75, 3.05) is 5.43 Å². The average molecular weight is 153 g/mol. The van der Waals surface area contributed by atoms with Crippen molar-refractivity contribution < 1.29 is 9.90 Å². The van der Waals surface area contributed by atoms with Gasteiger partial charge < -0.3 is 10.5 Å². The standard InChI is InChI=1S/C6H7N3O2/c7-9-5-1-4(6(10)11)2-8-3-5/h1-3,9H,7H2,(H,10,11). The summed E-state index contributed by atoms with van der Waals surface area (Å²) in [6.45, 7) is 0. The highest BCUT2D eigenvalue weighted by Gasteiger charge is 2.02. The van der Waals surface area contributed by atoms with Crippen LogP contribution in [0.25, 0.3) is 0 Å². The largest absolute Gasteiger partial charge is 0.478 e. The number of hydrogen-bond donors (Lipinski definition) is 3. The number of nitrogen functional groups attached to an aromatic ring is 1. The zero-order valence-electron chi connectivity index (χ0n) is 5.61. The molecule has 1 rings (SSSR count). The van der Waals surface area contributed by atoms with Crippen LogP contribution >= 0.6 is 0 Å². The number of carboxylic acids is 1. The summed E-state index contributed by atoms with van der Waals surface area (Å²) >= 11 is 0. The Hall–Kier alpha value is -1.62. The van der Waals surface area contributed by atoms with E-state index in [1.807, 2.05) is 0 Å². The van der Waals surface area contributed by atoms with Gasteiger partial charge in [-0.15, -0.1) is 0 Å². The first-order valence-corrected chi connectivity index (χ1v) is 2.89. The highest BCUT2D eigenvalue weighted by molar-refractivity contribution is 5.88. The van der Waals surface area contributed by atoms with Crippen molar-refractivity contribution >= 4 is 11.7 Å². The molecule has 0 aliphatic carbocycles. The monoisotopic (exact) mass is 153 g/mol. The average Bonchev–Trinajstić information content (AvgIpc) is 2.05. The summed E-state index contributed by atoms with van der Waals surface area (Å²) in [6, 6.07) is 1.40. The van der Waals surface area contributed by atoms with E-state index in [-0.39, 0.29) is 5.56 Å². The second kappa shape index (κ2) is 2.98. The molecular formula is C6H7N3O2. The summed E-state index contributed by atoms with van der Waals surface area (Å²) in [6.07, 6.45) is 2.69. The van der Waals surface area contributed by atoms with Gasteiger partial charge in [0.1, 0.15) is 0 Å². The number of hydrogen-bond acceptors (Lipinski definition) is 4. The Balaban J connectivity index is 3.01. The summed E-state index contributed by atoms with van der Waals surface area (Å²) in [4.78, 5) is 14.0. The van der Waals surface area contributed by atoms with E-state index in [9.17, 15) is 4.79 Å². The lowest BCUT2D eigenvalue weighted by Gasteiger charge is -1.98. The molecule has 0 saturated carbocycles. The summed E-state index contributed by atoms with van der Waals surface area (Å²) in [5, 5.41) is 8.50. The van der Waals surface area contributed by atoms with E-state index in [0.717, 1.165) is 0 Å². The minimum atomic E-state index is -1.02. The minimum Gasteiger partial charge on any atom is -0.478 e. The van der Waals surface area contributed by atoms with Gasteiger partial charge in [0, 0.05) is 6.20 Å². The third-order valence-electron chi connectivity index (χ3n) is 1.15. The van der Waals surface area contributed by atoms with Gasteiger partial charge in [0.25, 0.3) is 0 Å². The number of aromatic nitrogens is 1. The van der Waals surface area contributed by atoms with Gasteiger partial charge in [0.2, 0.25) is 0 Å². The van der Waals surface area contributed by atoms with Crippen LogP contribution in [0.3, 0.4) is 0 Å². The summed E-state index contributed by atoms with van der Waals surface area (Å²) < 4.78 is 0.